The van der Waals surface area contributed by atoms with Gasteiger partial charge < -0.3 is 15.7 Å². The monoisotopic (exact) mass is 467 g/mol. The second-order valence-corrected chi connectivity index (χ2v) is 6.84. The van der Waals surface area contributed by atoms with Gasteiger partial charge in [0.25, 0.3) is 0 Å². The van der Waals surface area contributed by atoms with Crippen molar-refractivity contribution in [2.45, 2.75) is 44.1 Å². The molecule has 4 nitrogen and oxygen atoms in total. The highest BCUT2D eigenvalue weighted by Gasteiger charge is 2.34. The van der Waals surface area contributed by atoms with Gasteiger partial charge in [0.05, 0.1) is 12.1 Å². The van der Waals surface area contributed by atoms with Gasteiger partial charge in [0.2, 0.25) is 0 Å². The SMILES string of the molecule is CCNC(=NCc1ccc(F)cc1CSC)NCC1(O)CCC1.I. The molecule has 1 aliphatic rings. The van der Waals surface area contributed by atoms with Gasteiger partial charge in [-0.1, -0.05) is 6.07 Å². The Balaban J connectivity index is 0.00000288. The highest BCUT2D eigenvalue weighted by atomic mass is 127. The first-order valence-electron chi connectivity index (χ1n) is 8.07. The van der Waals surface area contributed by atoms with E-state index in [2.05, 4.69) is 15.6 Å². The summed E-state index contributed by atoms with van der Waals surface area (Å²) in [6.45, 7) is 3.77. The van der Waals surface area contributed by atoms with Crippen molar-refractivity contribution >= 4 is 41.7 Å². The molecule has 0 spiro atoms. The van der Waals surface area contributed by atoms with Crippen LogP contribution < -0.4 is 10.6 Å². The number of nitrogens with zero attached hydrogens (tertiary/aromatic N) is 1. The predicted molar refractivity (Wildman–Crippen MR) is 111 cm³/mol. The van der Waals surface area contributed by atoms with Crippen LogP contribution in [0, 0.1) is 5.82 Å². The van der Waals surface area contributed by atoms with E-state index in [4.69, 9.17) is 0 Å². The molecule has 0 saturated heterocycles. The number of guanidine groups is 1. The van der Waals surface area contributed by atoms with Crippen LogP contribution in [0.15, 0.2) is 23.2 Å². The molecule has 136 valence electrons. The summed E-state index contributed by atoms with van der Waals surface area (Å²) in [4.78, 5) is 4.57. The van der Waals surface area contributed by atoms with Crippen LogP contribution in [0.5, 0.6) is 0 Å². The molecule has 1 aromatic rings. The lowest BCUT2D eigenvalue weighted by Crippen LogP contribution is -2.50. The third kappa shape index (κ3) is 6.40. The molecule has 7 heteroatoms. The minimum Gasteiger partial charge on any atom is -0.388 e. The lowest BCUT2D eigenvalue weighted by molar-refractivity contribution is -0.0279. The topological polar surface area (TPSA) is 56.7 Å². The summed E-state index contributed by atoms with van der Waals surface area (Å²) in [5.41, 5.74) is 1.42. The molecule has 1 saturated carbocycles. The second kappa shape index (κ2) is 10.5. The third-order valence-electron chi connectivity index (χ3n) is 4.09. The molecule has 1 fully saturated rings. The zero-order valence-electron chi connectivity index (χ0n) is 14.3. The fourth-order valence-corrected chi connectivity index (χ4v) is 3.13. The minimum absolute atomic E-state index is 0. The molecular formula is C17H27FIN3OS. The van der Waals surface area contributed by atoms with Gasteiger partial charge in [-0.2, -0.15) is 11.8 Å². The summed E-state index contributed by atoms with van der Waals surface area (Å²) in [6.07, 6.45) is 4.77. The summed E-state index contributed by atoms with van der Waals surface area (Å²) >= 11 is 1.67. The highest BCUT2D eigenvalue weighted by Crippen LogP contribution is 2.30. The molecule has 2 rings (SSSR count). The van der Waals surface area contributed by atoms with Crippen molar-refractivity contribution in [2.75, 3.05) is 19.3 Å². The Hall–Kier alpha value is -0.540. The van der Waals surface area contributed by atoms with E-state index in [1.165, 1.54) is 6.07 Å². The van der Waals surface area contributed by atoms with E-state index in [1.807, 2.05) is 13.2 Å². The zero-order valence-corrected chi connectivity index (χ0v) is 17.4. The van der Waals surface area contributed by atoms with Crippen LogP contribution in [-0.4, -0.2) is 36.0 Å². The predicted octanol–water partition coefficient (Wildman–Crippen LogP) is 3.28. The first-order valence-corrected chi connectivity index (χ1v) is 9.46. The number of halogens is 2. The van der Waals surface area contributed by atoms with Crippen LogP contribution in [-0.2, 0) is 12.3 Å². The van der Waals surface area contributed by atoms with Crippen molar-refractivity contribution in [3.63, 3.8) is 0 Å². The Morgan fingerprint density at radius 3 is 2.67 bits per heavy atom. The highest BCUT2D eigenvalue weighted by molar-refractivity contribution is 14.0. The Morgan fingerprint density at radius 2 is 2.08 bits per heavy atom. The number of hydrogen-bond donors (Lipinski definition) is 3. The van der Waals surface area contributed by atoms with Crippen molar-refractivity contribution in [1.82, 2.24) is 10.6 Å². The number of thioether (sulfide) groups is 1. The van der Waals surface area contributed by atoms with E-state index < -0.39 is 5.60 Å². The number of benzene rings is 1. The number of rotatable bonds is 7. The van der Waals surface area contributed by atoms with Gasteiger partial charge in [-0.3, -0.25) is 0 Å². The fourth-order valence-electron chi connectivity index (χ4n) is 2.55. The fraction of sp³-hybridized carbons (Fsp3) is 0.588. The van der Waals surface area contributed by atoms with Crippen molar-refractivity contribution < 1.29 is 9.50 Å². The molecule has 0 bridgehead atoms. The molecule has 24 heavy (non-hydrogen) atoms. The first-order chi connectivity index (χ1) is 11.1. The second-order valence-electron chi connectivity index (χ2n) is 5.97. The van der Waals surface area contributed by atoms with Gasteiger partial charge in [0.15, 0.2) is 5.96 Å². The quantitative estimate of drug-likeness (QED) is 0.328. The number of hydrogen-bond acceptors (Lipinski definition) is 3. The lowest BCUT2D eigenvalue weighted by atomic mass is 9.80. The number of aliphatic hydroxyl groups is 1. The third-order valence-corrected chi connectivity index (χ3v) is 4.69. The molecule has 0 radical (unpaired) electrons. The minimum atomic E-state index is -0.587. The van der Waals surface area contributed by atoms with Gasteiger partial charge in [0.1, 0.15) is 5.82 Å². The van der Waals surface area contributed by atoms with Crippen LogP contribution in [0.1, 0.15) is 37.3 Å². The summed E-state index contributed by atoms with van der Waals surface area (Å²) < 4.78 is 13.4. The van der Waals surface area contributed by atoms with Crippen LogP contribution in [0.25, 0.3) is 0 Å². The molecule has 0 unspecified atom stereocenters. The van der Waals surface area contributed by atoms with Crippen LogP contribution in [0.3, 0.4) is 0 Å². The molecular weight excluding hydrogens is 440 g/mol. The molecule has 0 heterocycles. The van der Waals surface area contributed by atoms with E-state index in [9.17, 15) is 9.50 Å². The molecule has 0 atom stereocenters. The van der Waals surface area contributed by atoms with Crippen molar-refractivity contribution in [1.29, 1.82) is 0 Å². The van der Waals surface area contributed by atoms with E-state index in [0.29, 0.717) is 19.0 Å². The zero-order chi connectivity index (χ0) is 16.7. The Kier molecular flexibility index (Phi) is 9.36. The largest absolute Gasteiger partial charge is 0.388 e. The molecule has 1 aliphatic carbocycles. The van der Waals surface area contributed by atoms with Gasteiger partial charge in [0, 0.05) is 18.8 Å². The van der Waals surface area contributed by atoms with E-state index in [-0.39, 0.29) is 29.8 Å². The molecule has 3 N–H and O–H groups in total. The summed E-state index contributed by atoms with van der Waals surface area (Å²) in [7, 11) is 0. The number of aliphatic imine (C=N–C) groups is 1. The summed E-state index contributed by atoms with van der Waals surface area (Å²) in [5.74, 6) is 1.25. The maximum atomic E-state index is 13.4. The lowest BCUT2D eigenvalue weighted by Gasteiger charge is -2.37. The van der Waals surface area contributed by atoms with Crippen molar-refractivity contribution in [3.8, 4) is 0 Å². The Morgan fingerprint density at radius 1 is 1.33 bits per heavy atom. The van der Waals surface area contributed by atoms with Gasteiger partial charge in [-0.05, 0) is 55.7 Å². The molecule has 0 aliphatic heterocycles. The Bertz CT molecular complexity index is 553. The van der Waals surface area contributed by atoms with Crippen LogP contribution in [0.4, 0.5) is 4.39 Å². The normalized spacial score (nSPS) is 16.1. The average molecular weight is 467 g/mol. The average Bonchev–Trinajstić information content (AvgIpc) is 2.50. The molecule has 1 aromatic carbocycles. The van der Waals surface area contributed by atoms with Gasteiger partial charge >= 0.3 is 0 Å². The smallest absolute Gasteiger partial charge is 0.191 e. The van der Waals surface area contributed by atoms with Crippen LogP contribution in [0.2, 0.25) is 0 Å². The van der Waals surface area contributed by atoms with E-state index in [1.54, 1.807) is 23.9 Å². The van der Waals surface area contributed by atoms with Crippen molar-refractivity contribution in [2.24, 2.45) is 4.99 Å². The Labute approximate surface area is 165 Å². The number of nitrogens with one attached hydrogen (secondary N) is 2. The van der Waals surface area contributed by atoms with Crippen molar-refractivity contribution in [3.05, 3.63) is 35.1 Å². The van der Waals surface area contributed by atoms with Crippen LogP contribution >= 0.6 is 35.7 Å². The summed E-state index contributed by atoms with van der Waals surface area (Å²) in [5, 5.41) is 16.6. The van der Waals surface area contributed by atoms with Gasteiger partial charge in [-0.15, -0.1) is 24.0 Å². The standard InChI is InChI=1S/C17H26FN3OS.HI/c1-3-19-16(21-12-17(22)7-4-8-17)20-10-13-5-6-15(18)9-14(13)11-23-2;/h5-6,9,22H,3-4,7-8,10-12H2,1-2H3,(H2,19,20,21);1H. The first kappa shape index (κ1) is 21.5. The maximum absolute atomic E-state index is 13.4. The van der Waals surface area contributed by atoms with Gasteiger partial charge in [-0.25, -0.2) is 9.38 Å². The molecule has 0 aromatic heterocycles. The molecule has 0 amide bonds. The van der Waals surface area contributed by atoms with E-state index >= 15 is 0 Å². The maximum Gasteiger partial charge on any atom is 0.191 e. The summed E-state index contributed by atoms with van der Waals surface area (Å²) in [6, 6.07) is 4.86. The van der Waals surface area contributed by atoms with E-state index in [0.717, 1.165) is 42.7 Å².